The maximum Gasteiger partial charge on any atom is 0.335 e. The van der Waals surface area contributed by atoms with E-state index in [1.54, 1.807) is 30.3 Å². The van der Waals surface area contributed by atoms with Crippen LogP contribution in [0.1, 0.15) is 21.5 Å². The third-order valence-electron chi connectivity index (χ3n) is 3.27. The molecule has 0 unspecified atom stereocenters. The third kappa shape index (κ3) is 3.87. The number of nitriles is 1. The van der Waals surface area contributed by atoms with Gasteiger partial charge in [-0.1, -0.05) is 30.3 Å². The molecule has 2 aromatic rings. The van der Waals surface area contributed by atoms with Crippen LogP contribution in [-0.4, -0.2) is 26.5 Å². The number of carbonyl (C=O) groups is 1. The van der Waals surface area contributed by atoms with Crippen LogP contribution in [0.25, 0.3) is 0 Å². The number of carboxylic acids is 1. The first kappa shape index (κ1) is 16.5. The van der Waals surface area contributed by atoms with Crippen LogP contribution in [0, 0.1) is 11.3 Å². The van der Waals surface area contributed by atoms with E-state index in [0.717, 1.165) is 4.31 Å². The molecular weight excluding hydrogens is 316 g/mol. The lowest BCUT2D eigenvalue weighted by Gasteiger charge is -2.20. The van der Waals surface area contributed by atoms with Crippen LogP contribution in [0.4, 0.5) is 5.69 Å². The second-order valence-corrected chi connectivity index (χ2v) is 6.90. The zero-order valence-electron chi connectivity index (χ0n) is 12.3. The van der Waals surface area contributed by atoms with Crippen LogP contribution in [0.5, 0.6) is 0 Å². The van der Waals surface area contributed by atoms with Crippen molar-refractivity contribution in [1.82, 2.24) is 0 Å². The highest BCUT2D eigenvalue weighted by Gasteiger charge is 2.21. The van der Waals surface area contributed by atoms with Crippen LogP contribution in [0.3, 0.4) is 0 Å². The fourth-order valence-electron chi connectivity index (χ4n) is 2.02. The molecule has 2 aromatic carbocycles. The molecule has 1 N–H and O–H groups in total. The van der Waals surface area contributed by atoms with Gasteiger partial charge in [0.05, 0.1) is 28.6 Å². The van der Waals surface area contributed by atoms with Crippen LogP contribution < -0.4 is 4.31 Å². The largest absolute Gasteiger partial charge is 0.478 e. The molecule has 118 valence electrons. The summed E-state index contributed by atoms with van der Waals surface area (Å²) in [4.78, 5) is 11.1. The van der Waals surface area contributed by atoms with Crippen molar-refractivity contribution in [3.8, 4) is 6.07 Å². The van der Waals surface area contributed by atoms with Crippen molar-refractivity contribution in [3.05, 3.63) is 65.2 Å². The summed E-state index contributed by atoms with van der Waals surface area (Å²) in [5.74, 6) is -1.44. The topological polar surface area (TPSA) is 98.5 Å². The van der Waals surface area contributed by atoms with Crippen molar-refractivity contribution in [1.29, 1.82) is 5.26 Å². The summed E-state index contributed by atoms with van der Waals surface area (Å²) in [5.41, 5.74) is 0.703. The van der Waals surface area contributed by atoms with Gasteiger partial charge in [-0.15, -0.1) is 0 Å². The van der Waals surface area contributed by atoms with Gasteiger partial charge in [-0.2, -0.15) is 5.26 Å². The molecule has 2 rings (SSSR count). The molecule has 0 fully saturated rings. The molecular formula is C16H14N2O4S. The number of hydrogen-bond acceptors (Lipinski definition) is 4. The first-order valence-electron chi connectivity index (χ1n) is 6.62. The maximum atomic E-state index is 12.5. The average Bonchev–Trinajstić information content (AvgIpc) is 2.54. The molecule has 0 aromatic heterocycles. The predicted molar refractivity (Wildman–Crippen MR) is 85.6 cm³/mol. The van der Waals surface area contributed by atoms with Crippen LogP contribution >= 0.6 is 0 Å². The molecule has 0 heterocycles. The van der Waals surface area contributed by atoms with Crippen LogP contribution in [0.2, 0.25) is 0 Å². The molecule has 0 bridgehead atoms. The summed E-state index contributed by atoms with van der Waals surface area (Å²) < 4.78 is 25.9. The van der Waals surface area contributed by atoms with E-state index in [-0.39, 0.29) is 22.6 Å². The second kappa shape index (κ2) is 6.50. The fourth-order valence-corrected chi connectivity index (χ4v) is 3.26. The van der Waals surface area contributed by atoms with E-state index in [0.29, 0.717) is 5.56 Å². The Kier molecular flexibility index (Phi) is 4.67. The molecule has 23 heavy (non-hydrogen) atoms. The Labute approximate surface area is 134 Å². The van der Waals surface area contributed by atoms with E-state index < -0.39 is 16.0 Å². The summed E-state index contributed by atoms with van der Waals surface area (Å²) >= 11 is 0. The highest BCUT2D eigenvalue weighted by molar-refractivity contribution is 7.92. The van der Waals surface area contributed by atoms with Crippen LogP contribution in [0.15, 0.2) is 48.5 Å². The number of sulfonamides is 1. The zero-order chi connectivity index (χ0) is 17.0. The minimum absolute atomic E-state index is 0.0849. The number of anilines is 1. The van der Waals surface area contributed by atoms with Gasteiger partial charge in [-0.25, -0.2) is 13.2 Å². The lowest BCUT2D eigenvalue weighted by atomic mass is 10.1. The lowest BCUT2D eigenvalue weighted by Crippen LogP contribution is -2.28. The molecule has 0 spiro atoms. The minimum atomic E-state index is -3.70. The fraction of sp³-hybridized carbons (Fsp3) is 0.125. The van der Waals surface area contributed by atoms with Crippen molar-refractivity contribution in [2.45, 2.75) is 5.75 Å². The standard InChI is InChI=1S/C16H14N2O4S/c1-18(23(21,22)11-12-5-3-2-4-6-12)15-8-13(10-17)7-14(9-15)16(19)20/h2-9H,11H2,1H3,(H,19,20). The molecule has 0 aliphatic rings. The molecule has 0 saturated heterocycles. The highest BCUT2D eigenvalue weighted by atomic mass is 32.2. The molecule has 0 atom stereocenters. The quantitative estimate of drug-likeness (QED) is 0.906. The second-order valence-electron chi connectivity index (χ2n) is 4.89. The first-order valence-corrected chi connectivity index (χ1v) is 8.23. The number of carboxylic acid groups (broad SMARTS) is 1. The lowest BCUT2D eigenvalue weighted by molar-refractivity contribution is 0.0697. The Morgan fingerprint density at radius 2 is 1.87 bits per heavy atom. The van der Waals surface area contributed by atoms with Crippen molar-refractivity contribution < 1.29 is 18.3 Å². The Morgan fingerprint density at radius 1 is 1.22 bits per heavy atom. The Balaban J connectivity index is 2.39. The smallest absolute Gasteiger partial charge is 0.335 e. The number of rotatable bonds is 5. The van der Waals surface area contributed by atoms with Crippen molar-refractivity contribution in [2.75, 3.05) is 11.4 Å². The number of hydrogen-bond donors (Lipinski definition) is 1. The van der Waals surface area contributed by atoms with Gasteiger partial charge in [0.2, 0.25) is 10.0 Å². The summed E-state index contributed by atoms with van der Waals surface area (Å²) in [5, 5.41) is 18.0. The summed E-state index contributed by atoms with van der Waals surface area (Å²) in [6.45, 7) is 0. The highest BCUT2D eigenvalue weighted by Crippen LogP contribution is 2.22. The van der Waals surface area contributed by atoms with Gasteiger partial charge in [0.25, 0.3) is 0 Å². The molecule has 0 amide bonds. The van der Waals surface area contributed by atoms with Gasteiger partial charge in [-0.3, -0.25) is 4.31 Å². The van der Waals surface area contributed by atoms with Gasteiger partial charge in [0.1, 0.15) is 0 Å². The maximum absolute atomic E-state index is 12.5. The summed E-state index contributed by atoms with van der Waals surface area (Å²) in [6, 6.07) is 14.3. The Bertz CT molecular complexity index is 871. The summed E-state index contributed by atoms with van der Waals surface area (Å²) in [7, 11) is -2.37. The van der Waals surface area contributed by atoms with Gasteiger partial charge in [0.15, 0.2) is 0 Å². The van der Waals surface area contributed by atoms with E-state index in [1.807, 2.05) is 6.07 Å². The minimum Gasteiger partial charge on any atom is -0.478 e. The Morgan fingerprint density at radius 3 is 2.43 bits per heavy atom. The summed E-state index contributed by atoms with van der Waals surface area (Å²) in [6.07, 6.45) is 0. The van der Waals surface area contributed by atoms with E-state index in [4.69, 9.17) is 10.4 Å². The van der Waals surface area contributed by atoms with Crippen molar-refractivity contribution >= 4 is 21.7 Å². The monoisotopic (exact) mass is 330 g/mol. The normalized spacial score (nSPS) is 10.8. The molecule has 0 radical (unpaired) electrons. The van der Waals surface area contributed by atoms with E-state index in [2.05, 4.69) is 0 Å². The van der Waals surface area contributed by atoms with Crippen LogP contribution in [-0.2, 0) is 15.8 Å². The predicted octanol–water partition coefficient (Wildman–Crippen LogP) is 2.22. The average molecular weight is 330 g/mol. The van der Waals surface area contributed by atoms with E-state index in [1.165, 1.54) is 25.2 Å². The SMILES string of the molecule is CN(c1cc(C#N)cc(C(=O)O)c1)S(=O)(=O)Cc1ccccc1. The number of benzene rings is 2. The van der Waals surface area contributed by atoms with Gasteiger partial charge >= 0.3 is 5.97 Å². The Hall–Kier alpha value is -2.85. The number of aromatic carboxylic acids is 1. The molecule has 0 saturated carbocycles. The van der Waals surface area contributed by atoms with Crippen molar-refractivity contribution in [2.24, 2.45) is 0 Å². The molecule has 0 aliphatic heterocycles. The molecule has 6 nitrogen and oxygen atoms in total. The van der Waals surface area contributed by atoms with E-state index in [9.17, 15) is 13.2 Å². The molecule has 7 heteroatoms. The van der Waals surface area contributed by atoms with Gasteiger partial charge < -0.3 is 5.11 Å². The number of nitrogens with zero attached hydrogens (tertiary/aromatic N) is 2. The zero-order valence-corrected chi connectivity index (χ0v) is 13.1. The first-order chi connectivity index (χ1) is 10.8. The van der Waals surface area contributed by atoms with Gasteiger partial charge in [-0.05, 0) is 23.8 Å². The third-order valence-corrected chi connectivity index (χ3v) is 5.01. The molecule has 0 aliphatic carbocycles. The van der Waals surface area contributed by atoms with E-state index >= 15 is 0 Å². The van der Waals surface area contributed by atoms with Gasteiger partial charge in [0, 0.05) is 7.05 Å². The van der Waals surface area contributed by atoms with Crippen molar-refractivity contribution in [3.63, 3.8) is 0 Å².